The lowest BCUT2D eigenvalue weighted by atomic mass is 10.3. The third-order valence-corrected chi connectivity index (χ3v) is 6.17. The fourth-order valence-electron chi connectivity index (χ4n) is 3.35. The Morgan fingerprint density at radius 1 is 0.375 bits per heavy atom. The fraction of sp³-hybridized carbons (Fsp3) is 0. The Hall–Kier alpha value is -3.38. The molecule has 0 atom stereocenters. The van der Waals surface area contributed by atoms with Crippen molar-refractivity contribution in [2.24, 2.45) is 0 Å². The number of para-hydroxylation sites is 2. The Morgan fingerprint density at radius 3 is 1.07 bits per heavy atom. The van der Waals surface area contributed by atoms with Crippen LogP contribution in [0.5, 0.6) is 0 Å². The highest BCUT2D eigenvalue weighted by Crippen LogP contribution is 2.30. The molecule has 2 N–H and O–H groups in total. The average molecular weight is 653 g/mol. The summed E-state index contributed by atoms with van der Waals surface area (Å²) in [6.07, 6.45) is 0. The minimum Gasteiger partial charge on any atom is -0.338 e. The number of anilines is 4. The van der Waals surface area contributed by atoms with Crippen molar-refractivity contribution in [2.45, 2.75) is 0 Å². The first-order valence-electron chi connectivity index (χ1n) is 11.0. The summed E-state index contributed by atoms with van der Waals surface area (Å²) in [5, 5.41) is 6.69. The normalized spacial score (nSPS) is 10.8. The SMILES string of the molecule is Clc1nc(Cl)c2nc(Cl)nc(Cl)c2n1.Clc1nc(Nc2ccccc2)c2nc(Cl)nc(Nc3ccccc3)c2n1. The number of hydrogen-bond acceptors (Lipinski definition) is 10. The molecule has 10 nitrogen and oxygen atoms in total. The van der Waals surface area contributed by atoms with Crippen molar-refractivity contribution >= 4 is 115 Å². The van der Waals surface area contributed by atoms with Gasteiger partial charge in [-0.25, -0.2) is 29.9 Å². The standard InChI is InChI=1S/C18H12Cl2N6.C6Cl4N4/c19-17-24-14-13(15(25-17)21-11-7-3-1-4-8-11)23-18(20)26-16(14)22-12-9-5-2-6-10-12;7-3-1-2(12-6(10)13-3)4(8)14-5(9)11-1/h1-10H,(H,21,24,25)(H,22,23,26);. The number of aromatic nitrogens is 8. The second kappa shape index (κ2) is 12.4. The maximum absolute atomic E-state index is 6.13. The van der Waals surface area contributed by atoms with Crippen molar-refractivity contribution in [1.82, 2.24) is 39.9 Å². The van der Waals surface area contributed by atoms with Gasteiger partial charge in [-0.15, -0.1) is 0 Å². The average Bonchev–Trinajstić information content (AvgIpc) is 2.92. The first-order valence-corrected chi connectivity index (χ1v) is 13.3. The van der Waals surface area contributed by atoms with Crippen LogP contribution < -0.4 is 10.6 Å². The minimum atomic E-state index is -0.0182. The Balaban J connectivity index is 0.000000194. The number of halogens is 6. The van der Waals surface area contributed by atoms with Crippen molar-refractivity contribution in [3.63, 3.8) is 0 Å². The number of hydrogen-bond donors (Lipinski definition) is 2. The van der Waals surface area contributed by atoms with E-state index in [2.05, 4.69) is 50.5 Å². The minimum absolute atomic E-state index is 0.0182. The van der Waals surface area contributed by atoms with Crippen LogP contribution in [0, 0.1) is 0 Å². The first-order chi connectivity index (χ1) is 19.3. The van der Waals surface area contributed by atoms with Crippen molar-refractivity contribution in [1.29, 1.82) is 0 Å². The third kappa shape index (κ3) is 6.67. The van der Waals surface area contributed by atoms with Crippen LogP contribution in [0.4, 0.5) is 23.0 Å². The monoisotopic (exact) mass is 650 g/mol. The Labute approximate surface area is 256 Å². The zero-order chi connectivity index (χ0) is 28.2. The van der Waals surface area contributed by atoms with E-state index in [0.717, 1.165) is 11.4 Å². The molecule has 40 heavy (non-hydrogen) atoms. The lowest BCUT2D eigenvalue weighted by Gasteiger charge is -2.12. The van der Waals surface area contributed by atoms with Gasteiger partial charge in [0, 0.05) is 11.4 Å². The zero-order valence-electron chi connectivity index (χ0n) is 19.6. The molecular formula is C24H12Cl6N10. The second-order valence-electron chi connectivity index (χ2n) is 7.63. The van der Waals surface area contributed by atoms with Gasteiger partial charge in [-0.05, 0) is 70.7 Å². The van der Waals surface area contributed by atoms with Gasteiger partial charge in [0.15, 0.2) is 21.9 Å². The highest BCUT2D eigenvalue weighted by Gasteiger charge is 2.16. The summed E-state index contributed by atoms with van der Waals surface area (Å²) in [6, 6.07) is 19.2. The molecule has 0 fully saturated rings. The molecule has 4 heterocycles. The molecule has 0 saturated carbocycles. The topological polar surface area (TPSA) is 127 Å². The van der Waals surface area contributed by atoms with Crippen LogP contribution >= 0.6 is 69.6 Å². The van der Waals surface area contributed by atoms with Gasteiger partial charge in [-0.2, -0.15) is 9.97 Å². The third-order valence-electron chi connectivity index (χ3n) is 4.97. The Bertz CT molecular complexity index is 1690. The molecule has 0 unspecified atom stereocenters. The van der Waals surface area contributed by atoms with Crippen molar-refractivity contribution in [3.05, 3.63) is 92.1 Å². The highest BCUT2D eigenvalue weighted by atomic mass is 35.5. The molecule has 0 saturated heterocycles. The summed E-state index contributed by atoms with van der Waals surface area (Å²) in [5.74, 6) is 0.901. The van der Waals surface area contributed by atoms with E-state index >= 15 is 0 Å². The van der Waals surface area contributed by atoms with E-state index in [4.69, 9.17) is 69.6 Å². The molecule has 0 bridgehead atoms. The van der Waals surface area contributed by atoms with Crippen LogP contribution in [0.25, 0.3) is 22.1 Å². The summed E-state index contributed by atoms with van der Waals surface area (Å²) >= 11 is 34.9. The van der Waals surface area contributed by atoms with Crippen LogP contribution in [0.1, 0.15) is 0 Å². The van der Waals surface area contributed by atoms with Gasteiger partial charge < -0.3 is 10.6 Å². The van der Waals surface area contributed by atoms with Gasteiger partial charge in [-0.1, -0.05) is 59.6 Å². The van der Waals surface area contributed by atoms with Crippen molar-refractivity contribution in [2.75, 3.05) is 10.6 Å². The van der Waals surface area contributed by atoms with Crippen LogP contribution in [0.2, 0.25) is 31.4 Å². The van der Waals surface area contributed by atoms with Crippen LogP contribution in [0.3, 0.4) is 0 Å². The molecule has 0 aliphatic heterocycles. The van der Waals surface area contributed by atoms with Gasteiger partial charge in [-0.3, -0.25) is 0 Å². The number of nitrogens with zero attached hydrogens (tertiary/aromatic N) is 8. The molecule has 0 amide bonds. The molecule has 0 radical (unpaired) electrons. The molecule has 2 aromatic carbocycles. The van der Waals surface area contributed by atoms with Crippen LogP contribution in [-0.4, -0.2) is 39.9 Å². The molecular weight excluding hydrogens is 641 g/mol. The predicted octanol–water partition coefficient (Wildman–Crippen LogP) is 8.25. The van der Waals surface area contributed by atoms with Gasteiger partial charge in [0.25, 0.3) is 0 Å². The van der Waals surface area contributed by atoms with Gasteiger partial charge in [0.2, 0.25) is 21.1 Å². The Kier molecular flexibility index (Phi) is 8.75. The van der Waals surface area contributed by atoms with E-state index in [1.165, 1.54) is 0 Å². The van der Waals surface area contributed by atoms with Crippen LogP contribution in [0.15, 0.2) is 60.7 Å². The lowest BCUT2D eigenvalue weighted by molar-refractivity contribution is 1.15. The molecule has 4 aromatic heterocycles. The van der Waals surface area contributed by atoms with Crippen molar-refractivity contribution in [3.8, 4) is 0 Å². The quantitative estimate of drug-likeness (QED) is 0.142. The van der Waals surface area contributed by atoms with Gasteiger partial charge >= 0.3 is 0 Å². The zero-order valence-corrected chi connectivity index (χ0v) is 24.2. The number of fused-ring (bicyclic) bond motifs is 2. The van der Waals surface area contributed by atoms with Gasteiger partial charge in [0.1, 0.15) is 22.1 Å². The summed E-state index contributed by atoms with van der Waals surface area (Å²) in [4.78, 5) is 32.1. The highest BCUT2D eigenvalue weighted by molar-refractivity contribution is 6.39. The summed E-state index contributed by atoms with van der Waals surface area (Å²) in [6.45, 7) is 0. The molecule has 0 aliphatic carbocycles. The fourth-order valence-corrected chi connectivity index (χ4v) is 4.53. The molecule has 0 spiro atoms. The smallest absolute Gasteiger partial charge is 0.225 e. The maximum Gasteiger partial charge on any atom is 0.225 e. The molecule has 200 valence electrons. The molecule has 16 heteroatoms. The number of benzene rings is 2. The second-order valence-corrected chi connectivity index (χ2v) is 9.69. The summed E-state index contributed by atoms with van der Waals surface area (Å²) in [5.41, 5.74) is 3.18. The van der Waals surface area contributed by atoms with E-state index in [1.807, 2.05) is 60.7 Å². The van der Waals surface area contributed by atoms with Crippen LogP contribution in [-0.2, 0) is 0 Å². The van der Waals surface area contributed by atoms with E-state index in [0.29, 0.717) is 22.7 Å². The molecule has 6 rings (SSSR count). The van der Waals surface area contributed by atoms with Crippen molar-refractivity contribution < 1.29 is 0 Å². The van der Waals surface area contributed by atoms with E-state index in [9.17, 15) is 0 Å². The first kappa shape index (κ1) is 28.2. The molecule has 6 aromatic rings. The number of rotatable bonds is 4. The maximum atomic E-state index is 6.13. The molecule has 0 aliphatic rings. The Morgan fingerprint density at radius 2 is 0.700 bits per heavy atom. The summed E-state index contributed by atoms with van der Waals surface area (Å²) < 4.78 is 0. The lowest BCUT2D eigenvalue weighted by Crippen LogP contribution is -2.03. The van der Waals surface area contributed by atoms with E-state index in [1.54, 1.807) is 0 Å². The van der Waals surface area contributed by atoms with Gasteiger partial charge in [0.05, 0.1) is 0 Å². The van der Waals surface area contributed by atoms with E-state index in [-0.39, 0.29) is 42.5 Å². The number of nitrogens with one attached hydrogen (secondary N) is 2. The summed E-state index contributed by atoms with van der Waals surface area (Å²) in [7, 11) is 0. The predicted molar refractivity (Wildman–Crippen MR) is 160 cm³/mol. The largest absolute Gasteiger partial charge is 0.338 e. The van der Waals surface area contributed by atoms with E-state index < -0.39 is 0 Å².